The molecule has 0 aliphatic carbocycles. The van der Waals surface area contributed by atoms with Gasteiger partial charge in [-0.15, -0.1) is 0 Å². The van der Waals surface area contributed by atoms with Crippen LogP contribution in [0.1, 0.15) is 5.56 Å². The van der Waals surface area contributed by atoms with Crippen molar-refractivity contribution in [1.29, 1.82) is 0 Å². The topological polar surface area (TPSA) is 38.5 Å². The van der Waals surface area contributed by atoms with Gasteiger partial charge in [-0.3, -0.25) is 0 Å². The second-order valence-electron chi connectivity index (χ2n) is 3.76. The maximum atomic E-state index is 5.66. The lowest BCUT2D eigenvalue weighted by Gasteiger charge is -2.22. The van der Waals surface area contributed by atoms with Gasteiger partial charge in [0.05, 0.1) is 6.54 Å². The Labute approximate surface area is 112 Å². The van der Waals surface area contributed by atoms with Crippen LogP contribution in [0.15, 0.2) is 60.7 Å². The minimum atomic E-state index is 0.211. The first-order valence-corrected chi connectivity index (χ1v) is 6.00. The van der Waals surface area contributed by atoms with Crippen LogP contribution in [0.4, 0.5) is 0 Å². The molecule has 0 aliphatic rings. The van der Waals surface area contributed by atoms with Gasteiger partial charge in [0.25, 0.3) is 0 Å². The molecule has 0 aliphatic heterocycles. The Morgan fingerprint density at radius 2 is 1.56 bits per heavy atom. The van der Waals surface area contributed by atoms with Crippen LogP contribution in [0.5, 0.6) is 5.75 Å². The lowest BCUT2D eigenvalue weighted by atomic mass is 10.2. The van der Waals surface area contributed by atoms with Crippen molar-refractivity contribution >= 4 is 17.3 Å². The molecule has 0 atom stereocenters. The third kappa shape index (κ3) is 3.46. The molecule has 0 fully saturated rings. The van der Waals surface area contributed by atoms with Gasteiger partial charge < -0.3 is 10.6 Å². The Bertz CT molecular complexity index is 460. The number of nitrogens with two attached hydrogens (primary N) is 1. The predicted octanol–water partition coefficient (Wildman–Crippen LogP) is 2.73. The van der Waals surface area contributed by atoms with E-state index in [0.29, 0.717) is 12.3 Å². The normalized spacial score (nSPS) is 9.78. The number of nitrogens with zero attached hydrogens (tertiary/aromatic N) is 1. The van der Waals surface area contributed by atoms with E-state index >= 15 is 0 Å². The fourth-order valence-corrected chi connectivity index (χ4v) is 1.61. The smallest absolute Gasteiger partial charge is 0.200 e. The summed E-state index contributed by atoms with van der Waals surface area (Å²) < 4.78 is 0. The van der Waals surface area contributed by atoms with Crippen LogP contribution in [-0.4, -0.2) is 10.2 Å². The van der Waals surface area contributed by atoms with Gasteiger partial charge in [0.2, 0.25) is 5.11 Å². The molecule has 0 amide bonds. The van der Waals surface area contributed by atoms with Crippen molar-refractivity contribution in [3.05, 3.63) is 66.2 Å². The zero-order chi connectivity index (χ0) is 12.8. The average Bonchev–Trinajstić information content (AvgIpc) is 2.40. The van der Waals surface area contributed by atoms with Crippen molar-refractivity contribution < 1.29 is 4.84 Å². The second kappa shape index (κ2) is 6.02. The highest BCUT2D eigenvalue weighted by Crippen LogP contribution is 2.12. The summed E-state index contributed by atoms with van der Waals surface area (Å²) in [6.07, 6.45) is 0. The van der Waals surface area contributed by atoms with Gasteiger partial charge in [0, 0.05) is 0 Å². The monoisotopic (exact) mass is 258 g/mol. The molecule has 0 aromatic heterocycles. The molecule has 4 heteroatoms. The first-order valence-electron chi connectivity index (χ1n) is 5.59. The van der Waals surface area contributed by atoms with Crippen molar-refractivity contribution in [2.45, 2.75) is 6.54 Å². The molecule has 2 rings (SSSR count). The van der Waals surface area contributed by atoms with Crippen LogP contribution < -0.4 is 10.6 Å². The summed E-state index contributed by atoms with van der Waals surface area (Å²) in [6.45, 7) is 0.519. The van der Waals surface area contributed by atoms with E-state index in [0.717, 1.165) is 5.56 Å². The van der Waals surface area contributed by atoms with Crippen LogP contribution in [0.25, 0.3) is 0 Å². The molecule has 0 saturated carbocycles. The van der Waals surface area contributed by atoms with Crippen molar-refractivity contribution in [2.75, 3.05) is 0 Å². The van der Waals surface area contributed by atoms with E-state index in [1.54, 1.807) is 0 Å². The number of hydrogen-bond acceptors (Lipinski definition) is 2. The van der Waals surface area contributed by atoms with Crippen LogP contribution >= 0.6 is 12.2 Å². The lowest BCUT2D eigenvalue weighted by Crippen LogP contribution is -2.37. The Morgan fingerprint density at radius 3 is 2.11 bits per heavy atom. The molecule has 2 aromatic rings. The van der Waals surface area contributed by atoms with Gasteiger partial charge in [-0.2, -0.15) is 5.06 Å². The summed E-state index contributed by atoms with van der Waals surface area (Å²) in [5.74, 6) is 0.709. The van der Waals surface area contributed by atoms with Gasteiger partial charge in [-0.1, -0.05) is 48.5 Å². The van der Waals surface area contributed by atoms with Crippen molar-refractivity contribution in [3.8, 4) is 5.75 Å². The fourth-order valence-electron chi connectivity index (χ4n) is 1.51. The van der Waals surface area contributed by atoms with Crippen LogP contribution in [0, 0.1) is 0 Å². The van der Waals surface area contributed by atoms with E-state index in [9.17, 15) is 0 Å². The Hall–Kier alpha value is -2.07. The Morgan fingerprint density at radius 1 is 1.00 bits per heavy atom. The fraction of sp³-hybridized carbons (Fsp3) is 0.0714. The Kier molecular flexibility index (Phi) is 4.15. The maximum Gasteiger partial charge on any atom is 0.200 e. The number of para-hydroxylation sites is 1. The summed E-state index contributed by atoms with van der Waals surface area (Å²) in [5, 5.41) is 1.71. The second-order valence-corrected chi connectivity index (χ2v) is 4.18. The molecule has 0 bridgehead atoms. The molecule has 0 unspecified atom stereocenters. The van der Waals surface area contributed by atoms with Gasteiger partial charge in [-0.05, 0) is 29.9 Å². The lowest BCUT2D eigenvalue weighted by molar-refractivity contribution is 0.0123. The largest absolute Gasteiger partial charge is 0.377 e. The third-order valence-electron chi connectivity index (χ3n) is 2.37. The van der Waals surface area contributed by atoms with E-state index in [4.69, 9.17) is 22.8 Å². The number of rotatable bonds is 4. The quantitative estimate of drug-likeness (QED) is 0.676. The highest BCUT2D eigenvalue weighted by Gasteiger charge is 2.09. The van der Waals surface area contributed by atoms with E-state index < -0.39 is 0 Å². The number of benzene rings is 2. The highest BCUT2D eigenvalue weighted by molar-refractivity contribution is 7.80. The predicted molar refractivity (Wildman–Crippen MR) is 75.8 cm³/mol. The zero-order valence-electron chi connectivity index (χ0n) is 9.82. The SMILES string of the molecule is NC(=S)N(Cc1ccccc1)Oc1ccccc1. The molecule has 3 nitrogen and oxygen atoms in total. The molecule has 92 valence electrons. The molecular weight excluding hydrogens is 244 g/mol. The standard InChI is InChI=1S/C14H14N2OS/c15-14(18)16(11-12-7-3-1-4-8-12)17-13-9-5-2-6-10-13/h1-10H,11H2,(H2,15,18). The minimum Gasteiger partial charge on any atom is -0.377 e. The van der Waals surface area contributed by atoms with E-state index in [1.807, 2.05) is 60.7 Å². The summed E-state index contributed by atoms with van der Waals surface area (Å²) in [4.78, 5) is 5.65. The molecular formula is C14H14N2OS. The van der Waals surface area contributed by atoms with Gasteiger partial charge >= 0.3 is 0 Å². The number of thiocarbonyl (C=S) groups is 1. The van der Waals surface area contributed by atoms with Crippen LogP contribution in [0.3, 0.4) is 0 Å². The first kappa shape index (κ1) is 12.4. The molecule has 0 heterocycles. The highest BCUT2D eigenvalue weighted by atomic mass is 32.1. The summed E-state index contributed by atoms with van der Waals surface area (Å²) in [7, 11) is 0. The summed E-state index contributed by atoms with van der Waals surface area (Å²) >= 11 is 4.99. The van der Waals surface area contributed by atoms with Crippen LogP contribution in [0.2, 0.25) is 0 Å². The number of hydroxylamine groups is 2. The van der Waals surface area contributed by atoms with Crippen molar-refractivity contribution in [3.63, 3.8) is 0 Å². The van der Waals surface area contributed by atoms with E-state index in [1.165, 1.54) is 5.06 Å². The molecule has 0 saturated heterocycles. The number of hydrogen-bond donors (Lipinski definition) is 1. The van der Waals surface area contributed by atoms with Crippen molar-refractivity contribution in [2.24, 2.45) is 5.73 Å². The van der Waals surface area contributed by atoms with E-state index in [2.05, 4.69) is 0 Å². The molecule has 0 radical (unpaired) electrons. The molecule has 2 N–H and O–H groups in total. The van der Waals surface area contributed by atoms with Gasteiger partial charge in [0.15, 0.2) is 5.75 Å². The zero-order valence-corrected chi connectivity index (χ0v) is 10.6. The van der Waals surface area contributed by atoms with Gasteiger partial charge in [0.1, 0.15) is 0 Å². The van der Waals surface area contributed by atoms with Crippen LogP contribution in [-0.2, 0) is 6.54 Å². The first-order chi connectivity index (χ1) is 8.75. The summed E-state index contributed by atoms with van der Waals surface area (Å²) in [6, 6.07) is 19.3. The average molecular weight is 258 g/mol. The minimum absolute atomic E-state index is 0.211. The van der Waals surface area contributed by atoms with Crippen molar-refractivity contribution in [1.82, 2.24) is 5.06 Å². The van der Waals surface area contributed by atoms with E-state index in [-0.39, 0.29) is 5.11 Å². The Balaban J connectivity index is 2.08. The van der Waals surface area contributed by atoms with Gasteiger partial charge in [-0.25, -0.2) is 0 Å². The third-order valence-corrected chi connectivity index (χ3v) is 2.58. The molecule has 2 aromatic carbocycles. The molecule has 18 heavy (non-hydrogen) atoms. The maximum absolute atomic E-state index is 5.66. The summed E-state index contributed by atoms with van der Waals surface area (Å²) in [5.41, 5.74) is 6.75. The molecule has 0 spiro atoms.